The van der Waals surface area contributed by atoms with E-state index >= 15 is 0 Å². The van der Waals surface area contributed by atoms with Gasteiger partial charge in [0.05, 0.1) is 5.57 Å². The quantitative estimate of drug-likeness (QED) is 0.578. The van der Waals surface area contributed by atoms with Gasteiger partial charge >= 0.3 is 6.18 Å². The van der Waals surface area contributed by atoms with Crippen LogP contribution in [0.2, 0.25) is 0 Å². The van der Waals surface area contributed by atoms with Crippen molar-refractivity contribution in [2.75, 3.05) is 7.05 Å². The number of hydrogen-bond acceptors (Lipinski definition) is 1. The molecule has 0 unspecified atom stereocenters. The number of allylic oxidation sites excluding steroid dienone is 2. The van der Waals surface area contributed by atoms with Gasteiger partial charge in [0, 0.05) is 12.8 Å². The molecule has 0 aliphatic carbocycles. The van der Waals surface area contributed by atoms with Crippen molar-refractivity contribution >= 4 is 5.71 Å². The largest absolute Gasteiger partial charge is 0.417 e. The van der Waals surface area contributed by atoms with Crippen LogP contribution in [-0.2, 0) is 0 Å². The lowest BCUT2D eigenvalue weighted by molar-refractivity contribution is -0.0863. The second-order valence-corrected chi connectivity index (χ2v) is 2.33. The van der Waals surface area contributed by atoms with Gasteiger partial charge in [-0.2, -0.15) is 13.2 Å². The maximum Gasteiger partial charge on any atom is 0.417 e. The minimum absolute atomic E-state index is 0.0318. The lowest BCUT2D eigenvalue weighted by atomic mass is 10.1. The minimum atomic E-state index is -4.28. The molecule has 0 aromatic heterocycles. The van der Waals surface area contributed by atoms with Gasteiger partial charge < -0.3 is 0 Å². The van der Waals surface area contributed by atoms with Crippen LogP contribution in [-0.4, -0.2) is 18.9 Å². The van der Waals surface area contributed by atoms with E-state index in [2.05, 4.69) is 4.99 Å². The van der Waals surface area contributed by atoms with Crippen LogP contribution in [0.4, 0.5) is 13.2 Å². The monoisotopic (exact) mass is 179 g/mol. The van der Waals surface area contributed by atoms with E-state index in [1.807, 2.05) is 0 Å². The van der Waals surface area contributed by atoms with E-state index in [1.54, 1.807) is 6.92 Å². The summed E-state index contributed by atoms with van der Waals surface area (Å²) >= 11 is 0. The van der Waals surface area contributed by atoms with Crippen molar-refractivity contribution in [1.82, 2.24) is 0 Å². The van der Waals surface area contributed by atoms with E-state index in [0.717, 1.165) is 6.08 Å². The van der Waals surface area contributed by atoms with Crippen molar-refractivity contribution in [2.45, 2.75) is 26.4 Å². The molecule has 0 atom stereocenters. The highest BCUT2D eigenvalue weighted by Crippen LogP contribution is 2.26. The van der Waals surface area contributed by atoms with Crippen LogP contribution in [0, 0.1) is 0 Å². The summed E-state index contributed by atoms with van der Waals surface area (Å²) in [6, 6.07) is 0. The molecule has 0 fully saturated rings. The van der Waals surface area contributed by atoms with Crippen molar-refractivity contribution in [1.29, 1.82) is 0 Å². The molecule has 0 aromatic carbocycles. The molecular formula is C8H12F3N. The fourth-order valence-electron chi connectivity index (χ4n) is 0.793. The first-order valence-electron chi connectivity index (χ1n) is 3.64. The number of hydrogen-bond donors (Lipinski definition) is 0. The number of aliphatic imine (C=N–C) groups is 1. The zero-order valence-electron chi connectivity index (χ0n) is 7.37. The molecule has 0 saturated carbocycles. The highest BCUT2D eigenvalue weighted by atomic mass is 19.4. The number of rotatable bonds is 2. The van der Waals surface area contributed by atoms with Crippen LogP contribution >= 0.6 is 0 Å². The van der Waals surface area contributed by atoms with Gasteiger partial charge in [-0.25, -0.2) is 0 Å². The molecule has 4 heteroatoms. The fraction of sp³-hybridized carbons (Fsp3) is 0.625. The Morgan fingerprint density at radius 3 is 2.17 bits per heavy atom. The van der Waals surface area contributed by atoms with E-state index in [0.29, 0.717) is 6.42 Å². The first-order chi connectivity index (χ1) is 5.43. The Morgan fingerprint density at radius 1 is 1.42 bits per heavy atom. The summed E-state index contributed by atoms with van der Waals surface area (Å²) in [4.78, 5) is 3.50. The summed E-state index contributed by atoms with van der Waals surface area (Å²) < 4.78 is 36.6. The zero-order chi connectivity index (χ0) is 9.78. The molecule has 0 rings (SSSR count). The summed E-state index contributed by atoms with van der Waals surface area (Å²) in [6.07, 6.45) is -2.77. The highest BCUT2D eigenvalue weighted by molar-refractivity contribution is 5.99. The zero-order valence-corrected chi connectivity index (χ0v) is 7.37. The smallest absolute Gasteiger partial charge is 0.293 e. The Hall–Kier alpha value is -0.800. The Balaban J connectivity index is 4.82. The van der Waals surface area contributed by atoms with Gasteiger partial charge in [-0.3, -0.25) is 4.99 Å². The predicted octanol–water partition coefficient (Wildman–Crippen LogP) is 2.98. The van der Waals surface area contributed by atoms with Crippen LogP contribution in [0.15, 0.2) is 16.6 Å². The average molecular weight is 179 g/mol. The highest BCUT2D eigenvalue weighted by Gasteiger charge is 2.34. The summed E-state index contributed by atoms with van der Waals surface area (Å²) in [5.74, 6) is 0. The Labute approximate surface area is 70.0 Å². The third-order valence-electron chi connectivity index (χ3n) is 1.44. The predicted molar refractivity (Wildman–Crippen MR) is 43.5 cm³/mol. The molecule has 0 amide bonds. The van der Waals surface area contributed by atoms with Gasteiger partial charge in [0.15, 0.2) is 0 Å². The number of halogens is 3. The summed E-state index contributed by atoms with van der Waals surface area (Å²) in [6.45, 7) is 3.02. The lowest BCUT2D eigenvalue weighted by Crippen LogP contribution is -2.18. The van der Waals surface area contributed by atoms with Gasteiger partial charge in [-0.1, -0.05) is 13.0 Å². The van der Waals surface area contributed by atoms with Crippen molar-refractivity contribution in [3.05, 3.63) is 11.6 Å². The van der Waals surface area contributed by atoms with Crippen LogP contribution in [0.25, 0.3) is 0 Å². The SMILES string of the molecule is CC/C=C(\C(C)=NC)C(F)(F)F. The molecule has 0 aromatic rings. The molecule has 0 aliphatic heterocycles. The van der Waals surface area contributed by atoms with E-state index in [1.165, 1.54) is 14.0 Å². The summed E-state index contributed by atoms with van der Waals surface area (Å²) in [5, 5.41) is 0. The molecule has 0 bridgehead atoms. The molecule has 70 valence electrons. The van der Waals surface area contributed by atoms with Crippen LogP contribution in [0.3, 0.4) is 0 Å². The average Bonchev–Trinajstić information content (AvgIpc) is 1.96. The molecule has 12 heavy (non-hydrogen) atoms. The first kappa shape index (κ1) is 11.2. The molecule has 0 spiro atoms. The topological polar surface area (TPSA) is 12.4 Å². The second kappa shape index (κ2) is 4.28. The van der Waals surface area contributed by atoms with E-state index in [4.69, 9.17) is 0 Å². The minimum Gasteiger partial charge on any atom is -0.293 e. The summed E-state index contributed by atoms with van der Waals surface area (Å²) in [7, 11) is 1.35. The summed E-state index contributed by atoms with van der Waals surface area (Å²) in [5.41, 5.74) is -0.600. The van der Waals surface area contributed by atoms with E-state index in [-0.39, 0.29) is 5.71 Å². The third-order valence-corrected chi connectivity index (χ3v) is 1.44. The lowest BCUT2D eigenvalue weighted by Gasteiger charge is -2.10. The standard InChI is InChI=1S/C8H12F3N/c1-4-5-7(6(2)12-3)8(9,10)11/h5H,4H2,1-3H3/b7-5+,12-6?. The molecular weight excluding hydrogens is 167 g/mol. The van der Waals surface area contributed by atoms with Crippen LogP contribution < -0.4 is 0 Å². The number of nitrogens with zero attached hydrogens (tertiary/aromatic N) is 1. The first-order valence-corrected chi connectivity index (χ1v) is 3.64. The molecule has 0 saturated heterocycles. The molecule has 1 nitrogen and oxygen atoms in total. The van der Waals surface area contributed by atoms with Crippen molar-refractivity contribution < 1.29 is 13.2 Å². The number of alkyl halides is 3. The fourth-order valence-corrected chi connectivity index (χ4v) is 0.793. The van der Waals surface area contributed by atoms with Crippen molar-refractivity contribution in [3.8, 4) is 0 Å². The van der Waals surface area contributed by atoms with Crippen molar-refractivity contribution in [3.63, 3.8) is 0 Å². The Bertz CT molecular complexity index is 201. The van der Waals surface area contributed by atoms with Crippen LogP contribution in [0.1, 0.15) is 20.3 Å². The van der Waals surface area contributed by atoms with Gasteiger partial charge in [0.25, 0.3) is 0 Å². The Kier molecular flexibility index (Phi) is 4.00. The maximum absolute atomic E-state index is 12.2. The maximum atomic E-state index is 12.2. The third kappa shape index (κ3) is 3.07. The molecule has 0 aliphatic rings. The van der Waals surface area contributed by atoms with E-state index < -0.39 is 11.7 Å². The normalized spacial score (nSPS) is 15.2. The van der Waals surface area contributed by atoms with E-state index in [9.17, 15) is 13.2 Å². The van der Waals surface area contributed by atoms with Gasteiger partial charge in [0.1, 0.15) is 0 Å². The van der Waals surface area contributed by atoms with Crippen LogP contribution in [0.5, 0.6) is 0 Å². The molecule has 0 radical (unpaired) electrons. The molecule has 0 N–H and O–H groups in total. The second-order valence-electron chi connectivity index (χ2n) is 2.33. The molecule has 0 heterocycles. The van der Waals surface area contributed by atoms with Gasteiger partial charge in [-0.05, 0) is 13.3 Å². The Morgan fingerprint density at radius 2 is 1.92 bits per heavy atom. The van der Waals surface area contributed by atoms with Gasteiger partial charge in [0.2, 0.25) is 0 Å². The van der Waals surface area contributed by atoms with Gasteiger partial charge in [-0.15, -0.1) is 0 Å². The van der Waals surface area contributed by atoms with Crippen molar-refractivity contribution in [2.24, 2.45) is 4.99 Å².